The molecule has 3 heterocycles. The van der Waals surface area contributed by atoms with Crippen LogP contribution in [0.15, 0.2) is 24.3 Å². The first-order chi connectivity index (χ1) is 14.4. The summed E-state index contributed by atoms with van der Waals surface area (Å²) in [6.45, 7) is 5.99. The summed E-state index contributed by atoms with van der Waals surface area (Å²) >= 11 is 0. The fourth-order valence-corrected chi connectivity index (χ4v) is 4.76. The monoisotopic (exact) mass is 412 g/mol. The molecule has 2 aliphatic heterocycles. The molecule has 1 unspecified atom stereocenters. The van der Waals surface area contributed by atoms with Crippen LogP contribution in [0.1, 0.15) is 48.2 Å². The highest BCUT2D eigenvalue weighted by Crippen LogP contribution is 2.40. The summed E-state index contributed by atoms with van der Waals surface area (Å²) in [5.41, 5.74) is 3.09. The Hall–Kier alpha value is -2.70. The number of halogens is 1. The Morgan fingerprint density at radius 1 is 1.23 bits per heavy atom. The summed E-state index contributed by atoms with van der Waals surface area (Å²) < 4.78 is 14.1. The van der Waals surface area contributed by atoms with Crippen molar-refractivity contribution < 1.29 is 14.0 Å². The SMILES string of the molecule is Cc1[nH]nc(CCC(=O)N2CCC3(CCCN(Cc4ccccc4F)C3=O)C2)c1C. The highest BCUT2D eigenvalue weighted by Gasteiger charge is 2.49. The first-order valence-electron chi connectivity index (χ1n) is 10.7. The van der Waals surface area contributed by atoms with Crippen molar-refractivity contribution in [2.75, 3.05) is 19.6 Å². The van der Waals surface area contributed by atoms with Crippen LogP contribution in [0.4, 0.5) is 4.39 Å². The molecule has 0 radical (unpaired) electrons. The molecule has 0 bridgehead atoms. The maximum absolute atomic E-state index is 14.1. The fraction of sp³-hybridized carbons (Fsp3) is 0.522. The number of nitrogens with zero attached hydrogens (tertiary/aromatic N) is 3. The minimum absolute atomic E-state index is 0.0612. The molecular weight excluding hydrogens is 383 g/mol. The molecule has 6 nitrogen and oxygen atoms in total. The van der Waals surface area contributed by atoms with Gasteiger partial charge < -0.3 is 9.80 Å². The van der Waals surface area contributed by atoms with Gasteiger partial charge in [0, 0.05) is 50.3 Å². The molecule has 1 spiro atoms. The van der Waals surface area contributed by atoms with E-state index in [1.807, 2.05) is 18.7 Å². The molecule has 1 atom stereocenters. The first kappa shape index (κ1) is 20.6. The topological polar surface area (TPSA) is 69.3 Å². The predicted octanol–water partition coefficient (Wildman–Crippen LogP) is 3.14. The van der Waals surface area contributed by atoms with Gasteiger partial charge in [0.15, 0.2) is 0 Å². The third-order valence-corrected chi connectivity index (χ3v) is 6.78. The van der Waals surface area contributed by atoms with Gasteiger partial charge in [0.05, 0.1) is 11.1 Å². The summed E-state index contributed by atoms with van der Waals surface area (Å²) in [7, 11) is 0. The molecule has 2 saturated heterocycles. The second kappa shape index (κ2) is 8.20. The number of nitrogens with one attached hydrogen (secondary N) is 1. The molecule has 0 aliphatic carbocycles. The molecule has 1 N–H and O–H groups in total. The van der Waals surface area contributed by atoms with Crippen LogP contribution < -0.4 is 0 Å². The van der Waals surface area contributed by atoms with Crippen molar-refractivity contribution in [2.45, 2.75) is 52.5 Å². The number of H-pyrrole nitrogens is 1. The Bertz CT molecular complexity index is 956. The van der Waals surface area contributed by atoms with Gasteiger partial charge in [0.2, 0.25) is 11.8 Å². The number of piperidine rings is 1. The molecule has 2 fully saturated rings. The summed E-state index contributed by atoms with van der Waals surface area (Å²) in [5.74, 6) is -0.144. The molecule has 1 aromatic carbocycles. The second-order valence-corrected chi connectivity index (χ2v) is 8.69. The average Bonchev–Trinajstić information content (AvgIpc) is 3.30. The van der Waals surface area contributed by atoms with Crippen LogP contribution in [0, 0.1) is 25.1 Å². The number of aromatic nitrogens is 2. The number of rotatable bonds is 5. The zero-order valence-electron chi connectivity index (χ0n) is 17.7. The van der Waals surface area contributed by atoms with Crippen molar-refractivity contribution in [1.29, 1.82) is 0 Å². The van der Waals surface area contributed by atoms with Crippen LogP contribution in [-0.2, 0) is 22.6 Å². The Kier molecular flexibility index (Phi) is 5.62. The van der Waals surface area contributed by atoms with Crippen molar-refractivity contribution in [3.05, 3.63) is 52.6 Å². The van der Waals surface area contributed by atoms with Crippen molar-refractivity contribution >= 4 is 11.8 Å². The lowest BCUT2D eigenvalue weighted by Crippen LogP contribution is -2.50. The third-order valence-electron chi connectivity index (χ3n) is 6.78. The van der Waals surface area contributed by atoms with Crippen LogP contribution in [0.3, 0.4) is 0 Å². The zero-order valence-corrected chi connectivity index (χ0v) is 17.7. The van der Waals surface area contributed by atoms with Gasteiger partial charge in [0.1, 0.15) is 5.82 Å². The number of carbonyl (C=O) groups is 2. The summed E-state index contributed by atoms with van der Waals surface area (Å²) in [6.07, 6.45) is 3.36. The Balaban J connectivity index is 1.39. The summed E-state index contributed by atoms with van der Waals surface area (Å²) in [5, 5.41) is 7.24. The fourth-order valence-electron chi connectivity index (χ4n) is 4.76. The largest absolute Gasteiger partial charge is 0.342 e. The van der Waals surface area contributed by atoms with E-state index in [0.717, 1.165) is 29.8 Å². The van der Waals surface area contributed by atoms with E-state index < -0.39 is 5.41 Å². The first-order valence-corrected chi connectivity index (χ1v) is 10.7. The van der Waals surface area contributed by atoms with Gasteiger partial charge >= 0.3 is 0 Å². The van der Waals surface area contributed by atoms with E-state index in [4.69, 9.17) is 0 Å². The van der Waals surface area contributed by atoms with Crippen LogP contribution in [0.5, 0.6) is 0 Å². The summed E-state index contributed by atoms with van der Waals surface area (Å²) in [4.78, 5) is 29.7. The lowest BCUT2D eigenvalue weighted by molar-refractivity contribution is -0.146. The van der Waals surface area contributed by atoms with Gasteiger partial charge in [0.25, 0.3) is 0 Å². The highest BCUT2D eigenvalue weighted by atomic mass is 19.1. The normalized spacial score (nSPS) is 21.6. The standard InChI is InChI=1S/C23H29FN4O2/c1-16-17(2)25-26-20(16)8-9-21(29)28-13-11-23(15-28)10-5-12-27(22(23)30)14-18-6-3-4-7-19(18)24/h3-4,6-7H,5,8-15H2,1-2H3,(H,25,26). The lowest BCUT2D eigenvalue weighted by atomic mass is 9.78. The van der Waals surface area contributed by atoms with Gasteiger partial charge in [-0.1, -0.05) is 18.2 Å². The van der Waals surface area contributed by atoms with E-state index in [1.54, 1.807) is 23.1 Å². The number of aromatic amines is 1. The van der Waals surface area contributed by atoms with Crippen molar-refractivity contribution in [2.24, 2.45) is 5.41 Å². The van der Waals surface area contributed by atoms with Crippen LogP contribution >= 0.6 is 0 Å². The second-order valence-electron chi connectivity index (χ2n) is 8.69. The highest BCUT2D eigenvalue weighted by molar-refractivity contribution is 5.86. The number of likely N-dealkylation sites (tertiary alicyclic amines) is 2. The molecule has 4 rings (SSSR count). The smallest absolute Gasteiger partial charge is 0.230 e. The van der Waals surface area contributed by atoms with E-state index in [1.165, 1.54) is 6.07 Å². The van der Waals surface area contributed by atoms with Crippen molar-refractivity contribution in [1.82, 2.24) is 20.0 Å². The molecular formula is C23H29FN4O2. The van der Waals surface area contributed by atoms with Gasteiger partial charge in [-0.25, -0.2) is 4.39 Å². The Labute approximate surface area is 176 Å². The molecule has 0 saturated carbocycles. The number of carbonyl (C=O) groups excluding carboxylic acids is 2. The Morgan fingerprint density at radius 3 is 2.77 bits per heavy atom. The van der Waals surface area contributed by atoms with E-state index in [-0.39, 0.29) is 17.6 Å². The lowest BCUT2D eigenvalue weighted by Gasteiger charge is -2.39. The minimum atomic E-state index is -0.516. The maximum atomic E-state index is 14.1. The maximum Gasteiger partial charge on any atom is 0.230 e. The van der Waals surface area contributed by atoms with Gasteiger partial charge in [-0.05, 0) is 44.7 Å². The summed E-state index contributed by atoms with van der Waals surface area (Å²) in [6, 6.07) is 6.61. The Morgan fingerprint density at radius 2 is 2.03 bits per heavy atom. The predicted molar refractivity (Wildman–Crippen MR) is 111 cm³/mol. The molecule has 160 valence electrons. The average molecular weight is 413 g/mol. The molecule has 2 aliphatic rings. The van der Waals surface area contributed by atoms with E-state index >= 15 is 0 Å². The number of hydrogen-bond donors (Lipinski definition) is 1. The van der Waals surface area contributed by atoms with Crippen molar-refractivity contribution in [3.63, 3.8) is 0 Å². The molecule has 7 heteroatoms. The number of hydrogen-bond acceptors (Lipinski definition) is 3. The van der Waals surface area contributed by atoms with Crippen LogP contribution in [0.25, 0.3) is 0 Å². The molecule has 30 heavy (non-hydrogen) atoms. The van der Waals surface area contributed by atoms with Crippen LogP contribution in [0.2, 0.25) is 0 Å². The zero-order chi connectivity index (χ0) is 21.3. The van der Waals surface area contributed by atoms with Gasteiger partial charge in [-0.2, -0.15) is 5.10 Å². The van der Waals surface area contributed by atoms with Gasteiger partial charge in [-0.3, -0.25) is 14.7 Å². The van der Waals surface area contributed by atoms with E-state index in [2.05, 4.69) is 10.2 Å². The minimum Gasteiger partial charge on any atom is -0.342 e. The van der Waals surface area contributed by atoms with Gasteiger partial charge in [-0.15, -0.1) is 0 Å². The number of amides is 2. The number of aryl methyl sites for hydroxylation is 2. The van der Waals surface area contributed by atoms with E-state index in [0.29, 0.717) is 51.0 Å². The molecule has 1 aromatic heterocycles. The quantitative estimate of drug-likeness (QED) is 0.820. The molecule has 2 amide bonds. The third kappa shape index (κ3) is 3.85. The van der Waals surface area contributed by atoms with E-state index in [9.17, 15) is 14.0 Å². The van der Waals surface area contributed by atoms with Crippen LogP contribution in [-0.4, -0.2) is 51.4 Å². The van der Waals surface area contributed by atoms with Crippen molar-refractivity contribution in [3.8, 4) is 0 Å². The molecule has 2 aromatic rings. The number of benzene rings is 1.